The Hall–Kier alpha value is -4.33. The molecule has 0 atom stereocenters. The van der Waals surface area contributed by atoms with Gasteiger partial charge in [-0.15, -0.1) is 11.3 Å². The summed E-state index contributed by atoms with van der Waals surface area (Å²) in [5.41, 5.74) is 1.75. The van der Waals surface area contributed by atoms with E-state index < -0.39 is 21.7 Å². The van der Waals surface area contributed by atoms with Crippen molar-refractivity contribution in [3.05, 3.63) is 94.5 Å². The first kappa shape index (κ1) is 22.5. The van der Waals surface area contributed by atoms with Gasteiger partial charge in [0.2, 0.25) is 9.84 Å². The molecule has 2 amide bonds. The summed E-state index contributed by atoms with van der Waals surface area (Å²) in [5, 5.41) is 15.1. The van der Waals surface area contributed by atoms with E-state index in [0.717, 1.165) is 15.4 Å². The summed E-state index contributed by atoms with van der Waals surface area (Å²) in [6, 6.07) is 19.2. The summed E-state index contributed by atoms with van der Waals surface area (Å²) in [6.45, 7) is 0.222. The highest BCUT2D eigenvalue weighted by Crippen LogP contribution is 2.34. The summed E-state index contributed by atoms with van der Waals surface area (Å²) >= 11 is 1.41. The van der Waals surface area contributed by atoms with Crippen molar-refractivity contribution in [3.8, 4) is 16.6 Å². The van der Waals surface area contributed by atoms with Gasteiger partial charge in [0.1, 0.15) is 5.01 Å². The predicted octanol–water partition coefficient (Wildman–Crippen LogP) is 4.01. The van der Waals surface area contributed by atoms with Crippen LogP contribution in [0.4, 0.5) is 5.69 Å². The van der Waals surface area contributed by atoms with E-state index in [4.69, 9.17) is 5.26 Å². The summed E-state index contributed by atoms with van der Waals surface area (Å²) in [4.78, 5) is 30.4. The fraction of sp³-hybridized carbons (Fsp3) is 0.0400. The molecule has 0 saturated heterocycles. The third-order valence-corrected chi connectivity index (χ3v) is 8.35. The van der Waals surface area contributed by atoms with E-state index >= 15 is 0 Å². The average Bonchev–Trinajstić information content (AvgIpc) is 3.33. The molecule has 2 N–H and O–H groups in total. The summed E-state index contributed by atoms with van der Waals surface area (Å²) in [7, 11) is -3.94. The lowest BCUT2D eigenvalue weighted by Gasteiger charge is -2.10. The molecule has 0 radical (unpaired) electrons. The number of thiazole rings is 1. The van der Waals surface area contributed by atoms with Crippen LogP contribution in [0.5, 0.6) is 0 Å². The topological polar surface area (TPSA) is 129 Å². The van der Waals surface area contributed by atoms with Crippen LogP contribution >= 0.6 is 11.3 Å². The van der Waals surface area contributed by atoms with Gasteiger partial charge in [0.25, 0.3) is 11.8 Å². The smallest absolute Gasteiger partial charge is 0.257 e. The summed E-state index contributed by atoms with van der Waals surface area (Å²) in [6.07, 6.45) is 1.67. The van der Waals surface area contributed by atoms with Crippen molar-refractivity contribution < 1.29 is 18.0 Å². The SMILES string of the molecule is N#Cc1ccc(-c2ncc(CNC(=O)c3ccc4c(c3)NC(=O)c3ccccc3S4(=O)=O)s2)cc1. The minimum atomic E-state index is -3.94. The Bertz CT molecular complexity index is 1630. The van der Waals surface area contributed by atoms with Crippen molar-refractivity contribution in [2.24, 2.45) is 0 Å². The second kappa shape index (κ2) is 8.79. The lowest BCUT2D eigenvalue weighted by molar-refractivity contribution is 0.0949. The number of benzene rings is 3. The molecule has 35 heavy (non-hydrogen) atoms. The highest BCUT2D eigenvalue weighted by atomic mass is 32.2. The van der Waals surface area contributed by atoms with Crippen LogP contribution < -0.4 is 10.6 Å². The molecule has 4 aromatic rings. The Labute approximate surface area is 204 Å². The molecule has 1 aliphatic heterocycles. The molecule has 10 heteroatoms. The quantitative estimate of drug-likeness (QED) is 0.436. The number of aromatic nitrogens is 1. The number of amides is 2. The third kappa shape index (κ3) is 4.19. The fourth-order valence-corrected chi connectivity index (χ4v) is 6.13. The molecule has 0 aliphatic carbocycles. The number of nitriles is 1. The van der Waals surface area contributed by atoms with Crippen molar-refractivity contribution >= 4 is 38.7 Å². The zero-order valence-corrected chi connectivity index (χ0v) is 19.6. The standard InChI is InChI=1S/C25H16N4O4S2/c26-12-15-5-7-16(8-6-15)25-28-14-18(34-25)13-27-23(30)17-9-10-22-20(11-17)29-24(31)19-3-1-2-4-21(19)35(22,32)33/h1-11,14H,13H2,(H,27,30)(H,29,31). The molecule has 0 unspecified atom stereocenters. The Morgan fingerprint density at radius 1 is 1.06 bits per heavy atom. The Morgan fingerprint density at radius 2 is 1.83 bits per heavy atom. The first-order valence-corrected chi connectivity index (χ1v) is 12.7. The van der Waals surface area contributed by atoms with Crippen molar-refractivity contribution in [2.45, 2.75) is 16.3 Å². The van der Waals surface area contributed by atoms with E-state index in [0.29, 0.717) is 5.56 Å². The maximum Gasteiger partial charge on any atom is 0.257 e. The second-order valence-corrected chi connectivity index (χ2v) is 10.7. The van der Waals surface area contributed by atoms with Crippen molar-refractivity contribution in [1.29, 1.82) is 5.26 Å². The zero-order chi connectivity index (χ0) is 24.6. The van der Waals surface area contributed by atoms with Gasteiger partial charge >= 0.3 is 0 Å². The predicted molar refractivity (Wildman–Crippen MR) is 130 cm³/mol. The van der Waals surface area contributed by atoms with Crippen molar-refractivity contribution in [1.82, 2.24) is 10.3 Å². The molecule has 172 valence electrons. The van der Waals surface area contributed by atoms with Gasteiger partial charge in [0.05, 0.1) is 39.2 Å². The maximum absolute atomic E-state index is 13.1. The van der Waals surface area contributed by atoms with E-state index in [1.165, 1.54) is 41.7 Å². The molecule has 8 nitrogen and oxygen atoms in total. The fourth-order valence-electron chi connectivity index (χ4n) is 3.68. The van der Waals surface area contributed by atoms with Crippen LogP contribution in [0, 0.1) is 11.3 Å². The Balaban J connectivity index is 1.34. The van der Waals surface area contributed by atoms with E-state index in [1.807, 2.05) is 12.1 Å². The van der Waals surface area contributed by atoms with Gasteiger partial charge in [0.15, 0.2) is 0 Å². The van der Waals surface area contributed by atoms with E-state index in [-0.39, 0.29) is 33.2 Å². The second-order valence-electron chi connectivity index (χ2n) is 7.67. The number of hydrogen-bond acceptors (Lipinski definition) is 7. The summed E-state index contributed by atoms with van der Waals surface area (Å²) in [5.74, 6) is -0.977. The molecule has 1 aliphatic rings. The van der Waals surface area contributed by atoms with Gasteiger partial charge in [-0.25, -0.2) is 13.4 Å². The van der Waals surface area contributed by atoms with Gasteiger partial charge < -0.3 is 10.6 Å². The van der Waals surface area contributed by atoms with Gasteiger partial charge in [-0.1, -0.05) is 24.3 Å². The van der Waals surface area contributed by atoms with Crippen molar-refractivity contribution in [2.75, 3.05) is 5.32 Å². The molecule has 1 aromatic heterocycles. The number of rotatable bonds is 4. The third-order valence-electron chi connectivity index (χ3n) is 5.44. The van der Waals surface area contributed by atoms with Crippen LogP contribution in [-0.2, 0) is 16.4 Å². The molecule has 0 bridgehead atoms. The zero-order valence-electron chi connectivity index (χ0n) is 18.0. The minimum Gasteiger partial charge on any atom is -0.347 e. The molecule has 0 fully saturated rings. The van der Waals surface area contributed by atoms with Crippen LogP contribution in [0.1, 0.15) is 31.2 Å². The van der Waals surface area contributed by atoms with E-state index in [9.17, 15) is 18.0 Å². The largest absolute Gasteiger partial charge is 0.347 e. The summed E-state index contributed by atoms with van der Waals surface area (Å²) < 4.78 is 26.2. The minimum absolute atomic E-state index is 0.0537. The number of carbonyl (C=O) groups is 2. The van der Waals surface area contributed by atoms with Crippen molar-refractivity contribution in [3.63, 3.8) is 0 Å². The Morgan fingerprint density at radius 3 is 2.60 bits per heavy atom. The van der Waals surface area contributed by atoms with Crippen LogP contribution in [0.2, 0.25) is 0 Å². The molecule has 0 saturated carbocycles. The monoisotopic (exact) mass is 500 g/mol. The van der Waals surface area contributed by atoms with Gasteiger partial charge in [0, 0.05) is 22.2 Å². The number of sulfone groups is 1. The first-order chi connectivity index (χ1) is 16.9. The number of nitrogens with one attached hydrogen (secondary N) is 2. The molecule has 0 spiro atoms. The van der Waals surface area contributed by atoms with Crippen LogP contribution in [-0.4, -0.2) is 25.2 Å². The van der Waals surface area contributed by atoms with E-state index in [1.54, 1.807) is 30.5 Å². The van der Waals surface area contributed by atoms with Gasteiger partial charge in [-0.3, -0.25) is 9.59 Å². The molecule has 3 aromatic carbocycles. The van der Waals surface area contributed by atoms with Gasteiger partial charge in [-0.05, 0) is 42.5 Å². The Kier molecular flexibility index (Phi) is 5.64. The molecule has 2 heterocycles. The molecular formula is C25H16N4O4S2. The lowest BCUT2D eigenvalue weighted by atomic mass is 10.1. The molecular weight excluding hydrogens is 484 g/mol. The number of anilines is 1. The number of nitrogens with zero attached hydrogens (tertiary/aromatic N) is 2. The number of hydrogen-bond donors (Lipinski definition) is 2. The highest BCUT2D eigenvalue weighted by molar-refractivity contribution is 7.91. The number of carbonyl (C=O) groups excluding carboxylic acids is 2. The van der Waals surface area contributed by atoms with Crippen LogP contribution in [0.25, 0.3) is 10.6 Å². The highest BCUT2D eigenvalue weighted by Gasteiger charge is 2.31. The normalized spacial score (nSPS) is 13.5. The average molecular weight is 501 g/mol. The van der Waals surface area contributed by atoms with Crippen LogP contribution in [0.3, 0.4) is 0 Å². The number of fused-ring (bicyclic) bond motifs is 2. The van der Waals surface area contributed by atoms with Gasteiger partial charge in [-0.2, -0.15) is 5.26 Å². The van der Waals surface area contributed by atoms with Crippen LogP contribution in [0.15, 0.2) is 82.7 Å². The van der Waals surface area contributed by atoms with E-state index in [2.05, 4.69) is 21.7 Å². The first-order valence-electron chi connectivity index (χ1n) is 10.4. The lowest BCUT2D eigenvalue weighted by Crippen LogP contribution is -2.22. The maximum atomic E-state index is 13.1. The molecule has 5 rings (SSSR count).